The summed E-state index contributed by atoms with van der Waals surface area (Å²) in [6.07, 6.45) is 1.03. The minimum Gasteiger partial charge on any atom is -0.313 e. The van der Waals surface area contributed by atoms with Crippen LogP contribution >= 0.6 is 11.3 Å². The Morgan fingerprint density at radius 3 is 2.55 bits per heavy atom. The van der Waals surface area contributed by atoms with Crippen molar-refractivity contribution < 1.29 is 0 Å². The molecule has 1 aromatic heterocycles. The molecule has 1 nitrogen and oxygen atoms in total. The normalized spacial score (nSPS) is 12.7. The molecule has 1 atom stereocenters. The van der Waals surface area contributed by atoms with E-state index in [2.05, 4.69) is 66.2 Å². The minimum atomic E-state index is 0.391. The second kappa shape index (κ2) is 5.78. The van der Waals surface area contributed by atoms with Crippen LogP contribution in [0, 0.1) is 6.92 Å². The predicted molar refractivity (Wildman–Crippen MR) is 88.5 cm³/mol. The van der Waals surface area contributed by atoms with Crippen LogP contribution in [0.25, 0.3) is 10.8 Å². The molecule has 0 bridgehead atoms. The fourth-order valence-corrected chi connectivity index (χ4v) is 3.49. The molecule has 0 aliphatic heterocycles. The van der Waals surface area contributed by atoms with Gasteiger partial charge in [-0.3, -0.25) is 0 Å². The summed E-state index contributed by atoms with van der Waals surface area (Å²) >= 11 is 1.82. The molecule has 1 N–H and O–H groups in total. The summed E-state index contributed by atoms with van der Waals surface area (Å²) < 4.78 is 0. The minimum absolute atomic E-state index is 0.391. The highest BCUT2D eigenvalue weighted by Gasteiger charge is 2.13. The molecule has 2 aromatic carbocycles. The maximum atomic E-state index is 3.45. The molecule has 20 heavy (non-hydrogen) atoms. The van der Waals surface area contributed by atoms with Gasteiger partial charge in [-0.2, -0.15) is 0 Å². The number of hydrogen-bond donors (Lipinski definition) is 1. The summed E-state index contributed by atoms with van der Waals surface area (Å²) in [5.41, 5.74) is 2.80. The molecule has 1 heterocycles. The van der Waals surface area contributed by atoms with Gasteiger partial charge in [0.05, 0.1) is 0 Å². The Morgan fingerprint density at radius 2 is 1.85 bits per heavy atom. The highest BCUT2D eigenvalue weighted by Crippen LogP contribution is 2.26. The molecule has 0 spiro atoms. The lowest BCUT2D eigenvalue weighted by molar-refractivity contribution is 0.592. The molecule has 0 amide bonds. The Labute approximate surface area is 124 Å². The van der Waals surface area contributed by atoms with Gasteiger partial charge in [0.2, 0.25) is 0 Å². The van der Waals surface area contributed by atoms with E-state index >= 15 is 0 Å². The van der Waals surface area contributed by atoms with Gasteiger partial charge in [0, 0.05) is 10.9 Å². The van der Waals surface area contributed by atoms with E-state index in [9.17, 15) is 0 Å². The first-order valence-corrected chi connectivity index (χ1v) is 7.85. The van der Waals surface area contributed by atoms with Crippen molar-refractivity contribution in [1.29, 1.82) is 0 Å². The van der Waals surface area contributed by atoms with Gasteiger partial charge in [-0.1, -0.05) is 42.5 Å². The number of fused-ring (bicyclic) bond motifs is 1. The molecule has 2 heteroatoms. The van der Waals surface area contributed by atoms with E-state index in [1.807, 2.05) is 18.4 Å². The van der Waals surface area contributed by atoms with E-state index in [0.29, 0.717) is 6.04 Å². The first-order chi connectivity index (χ1) is 9.78. The average molecular weight is 281 g/mol. The first-order valence-electron chi connectivity index (χ1n) is 6.97. The molecule has 0 aliphatic rings. The zero-order chi connectivity index (χ0) is 13.9. The van der Waals surface area contributed by atoms with Crippen molar-refractivity contribution in [2.24, 2.45) is 0 Å². The standard InChI is InChI=1S/C18H19NS/c1-13-17(9-10-20-13)18(19-2)12-14-7-8-15-5-3-4-6-16(15)11-14/h3-11,18-19H,12H2,1-2H3. The van der Waals surface area contributed by atoms with Crippen LogP contribution in [-0.4, -0.2) is 7.05 Å². The van der Waals surface area contributed by atoms with Crippen molar-refractivity contribution in [3.63, 3.8) is 0 Å². The van der Waals surface area contributed by atoms with Gasteiger partial charge < -0.3 is 5.32 Å². The Balaban J connectivity index is 1.89. The van der Waals surface area contributed by atoms with Crippen LogP contribution in [0.4, 0.5) is 0 Å². The van der Waals surface area contributed by atoms with E-state index in [4.69, 9.17) is 0 Å². The van der Waals surface area contributed by atoms with E-state index in [1.165, 1.54) is 26.8 Å². The van der Waals surface area contributed by atoms with Gasteiger partial charge in [0.25, 0.3) is 0 Å². The van der Waals surface area contributed by atoms with Crippen LogP contribution in [0.15, 0.2) is 53.9 Å². The van der Waals surface area contributed by atoms with Gasteiger partial charge in [0.1, 0.15) is 0 Å². The third-order valence-electron chi connectivity index (χ3n) is 3.88. The Bertz CT molecular complexity index is 714. The van der Waals surface area contributed by atoms with Gasteiger partial charge in [-0.05, 0) is 53.7 Å². The van der Waals surface area contributed by atoms with Crippen molar-refractivity contribution in [3.05, 3.63) is 69.9 Å². The molecular weight excluding hydrogens is 262 g/mol. The van der Waals surface area contributed by atoms with Crippen LogP contribution in [0.1, 0.15) is 22.0 Å². The number of likely N-dealkylation sites (N-methyl/N-ethyl adjacent to an activating group) is 1. The van der Waals surface area contributed by atoms with E-state index < -0.39 is 0 Å². The lowest BCUT2D eigenvalue weighted by Crippen LogP contribution is -2.18. The van der Waals surface area contributed by atoms with Crippen LogP contribution in [-0.2, 0) is 6.42 Å². The molecule has 3 aromatic rings. The lowest BCUT2D eigenvalue weighted by atomic mass is 9.97. The van der Waals surface area contributed by atoms with Gasteiger partial charge in [-0.25, -0.2) is 0 Å². The van der Waals surface area contributed by atoms with Crippen LogP contribution in [0.2, 0.25) is 0 Å². The van der Waals surface area contributed by atoms with Crippen LogP contribution < -0.4 is 5.32 Å². The average Bonchev–Trinajstić information content (AvgIpc) is 2.91. The highest BCUT2D eigenvalue weighted by molar-refractivity contribution is 7.10. The number of rotatable bonds is 4. The van der Waals surface area contributed by atoms with Crippen LogP contribution in [0.5, 0.6) is 0 Å². The molecule has 0 fully saturated rings. The van der Waals surface area contributed by atoms with Gasteiger partial charge in [-0.15, -0.1) is 11.3 Å². The van der Waals surface area contributed by atoms with E-state index in [1.54, 1.807) is 0 Å². The third-order valence-corrected chi connectivity index (χ3v) is 4.74. The quantitative estimate of drug-likeness (QED) is 0.730. The van der Waals surface area contributed by atoms with Crippen molar-refractivity contribution in [2.75, 3.05) is 7.05 Å². The molecule has 0 saturated heterocycles. The summed E-state index contributed by atoms with van der Waals surface area (Å²) in [7, 11) is 2.04. The summed E-state index contributed by atoms with van der Waals surface area (Å²) in [5, 5.41) is 8.25. The van der Waals surface area contributed by atoms with Crippen molar-refractivity contribution in [1.82, 2.24) is 5.32 Å². The molecule has 1 unspecified atom stereocenters. The highest BCUT2D eigenvalue weighted by atomic mass is 32.1. The molecule has 0 radical (unpaired) electrons. The van der Waals surface area contributed by atoms with E-state index in [-0.39, 0.29) is 0 Å². The van der Waals surface area contributed by atoms with Crippen molar-refractivity contribution in [2.45, 2.75) is 19.4 Å². The zero-order valence-electron chi connectivity index (χ0n) is 11.9. The monoisotopic (exact) mass is 281 g/mol. The Hall–Kier alpha value is -1.64. The topological polar surface area (TPSA) is 12.0 Å². The number of benzene rings is 2. The number of thiophene rings is 1. The molecule has 102 valence electrons. The number of hydrogen-bond acceptors (Lipinski definition) is 2. The zero-order valence-corrected chi connectivity index (χ0v) is 12.7. The van der Waals surface area contributed by atoms with Crippen LogP contribution in [0.3, 0.4) is 0 Å². The Kier molecular flexibility index (Phi) is 3.86. The summed E-state index contributed by atoms with van der Waals surface area (Å²) in [6, 6.07) is 17.9. The predicted octanol–water partition coefficient (Wildman–Crippen LogP) is 4.71. The first kappa shape index (κ1) is 13.3. The summed E-state index contributed by atoms with van der Waals surface area (Å²) in [5.74, 6) is 0. The largest absolute Gasteiger partial charge is 0.313 e. The number of nitrogens with one attached hydrogen (secondary N) is 1. The lowest BCUT2D eigenvalue weighted by Gasteiger charge is -2.17. The summed E-state index contributed by atoms with van der Waals surface area (Å²) in [4.78, 5) is 1.41. The smallest absolute Gasteiger partial charge is 0.0369 e. The van der Waals surface area contributed by atoms with E-state index in [0.717, 1.165) is 6.42 Å². The second-order valence-corrected chi connectivity index (χ2v) is 6.28. The maximum absolute atomic E-state index is 3.45. The molecule has 0 saturated carbocycles. The maximum Gasteiger partial charge on any atom is 0.0369 e. The summed E-state index contributed by atoms with van der Waals surface area (Å²) in [6.45, 7) is 2.20. The fourth-order valence-electron chi connectivity index (χ4n) is 2.73. The van der Waals surface area contributed by atoms with Gasteiger partial charge >= 0.3 is 0 Å². The second-order valence-electron chi connectivity index (χ2n) is 5.16. The Morgan fingerprint density at radius 1 is 1.05 bits per heavy atom. The number of aryl methyl sites for hydroxylation is 1. The van der Waals surface area contributed by atoms with Crippen molar-refractivity contribution in [3.8, 4) is 0 Å². The van der Waals surface area contributed by atoms with Crippen molar-refractivity contribution >= 4 is 22.1 Å². The molecule has 0 aliphatic carbocycles. The SMILES string of the molecule is CNC(Cc1ccc2ccccc2c1)c1ccsc1C. The fraction of sp³-hybridized carbons (Fsp3) is 0.222. The van der Waals surface area contributed by atoms with Gasteiger partial charge in [0.15, 0.2) is 0 Å². The molecule has 3 rings (SSSR count). The molecular formula is C18H19NS. The third kappa shape index (κ3) is 2.62.